The van der Waals surface area contributed by atoms with Gasteiger partial charge in [-0.15, -0.1) is 0 Å². The summed E-state index contributed by atoms with van der Waals surface area (Å²) in [5.41, 5.74) is 3.29. The molecule has 0 amide bonds. The number of alkyl halides is 2. The zero-order valence-electron chi connectivity index (χ0n) is 7.43. The average molecular weight is 193 g/mol. The first-order valence-electron chi connectivity index (χ1n) is 4.19. The van der Waals surface area contributed by atoms with Gasteiger partial charge in [-0.2, -0.15) is 0 Å². The van der Waals surface area contributed by atoms with Crippen molar-refractivity contribution in [1.29, 1.82) is 0 Å². The van der Waals surface area contributed by atoms with Gasteiger partial charge in [0.25, 0.3) is 6.43 Å². The number of carbonyl (C=O) groups excluding carboxylic acids is 1. The van der Waals surface area contributed by atoms with Gasteiger partial charge in [-0.1, -0.05) is 6.42 Å². The molecule has 0 aromatic rings. The second kappa shape index (κ2) is 3.57. The van der Waals surface area contributed by atoms with Gasteiger partial charge in [0.2, 0.25) is 0 Å². The second-order valence-corrected chi connectivity index (χ2v) is 3.35. The summed E-state index contributed by atoms with van der Waals surface area (Å²) in [7, 11) is 1.07. The second-order valence-electron chi connectivity index (χ2n) is 3.35. The third kappa shape index (κ3) is 1.52. The molecule has 0 aromatic carbocycles. The van der Waals surface area contributed by atoms with Crippen molar-refractivity contribution in [3.8, 4) is 0 Å². The van der Waals surface area contributed by atoms with E-state index in [0.29, 0.717) is 12.8 Å². The number of carbonyl (C=O) groups is 1. The van der Waals surface area contributed by atoms with Crippen molar-refractivity contribution < 1.29 is 18.3 Å². The lowest BCUT2D eigenvalue weighted by Gasteiger charge is -2.39. The molecular weight excluding hydrogens is 180 g/mol. The van der Waals surface area contributed by atoms with E-state index in [0.717, 1.165) is 13.5 Å². The van der Waals surface area contributed by atoms with Gasteiger partial charge in [0, 0.05) is 0 Å². The molecule has 3 nitrogen and oxygen atoms in total. The lowest BCUT2D eigenvalue weighted by molar-refractivity contribution is -0.159. The van der Waals surface area contributed by atoms with Crippen LogP contribution in [0.3, 0.4) is 0 Å². The van der Waals surface area contributed by atoms with Crippen molar-refractivity contribution in [3.63, 3.8) is 0 Å². The highest BCUT2D eigenvalue weighted by molar-refractivity contribution is 5.81. The van der Waals surface area contributed by atoms with Gasteiger partial charge < -0.3 is 10.5 Å². The summed E-state index contributed by atoms with van der Waals surface area (Å²) in [5, 5.41) is 0. The molecule has 0 bridgehead atoms. The molecule has 1 saturated carbocycles. The van der Waals surface area contributed by atoms with Gasteiger partial charge >= 0.3 is 5.97 Å². The Balaban J connectivity index is 2.79. The number of hydrogen-bond donors (Lipinski definition) is 1. The number of hydrogen-bond acceptors (Lipinski definition) is 3. The van der Waals surface area contributed by atoms with Crippen LogP contribution in [0.5, 0.6) is 0 Å². The standard InChI is InChI=1S/C8H13F2NO2/c1-13-7(12)8(11,6(9)10)5-3-2-4-5/h5-6H,2-4,11H2,1H3. The summed E-state index contributed by atoms with van der Waals surface area (Å²) < 4.78 is 29.4. The van der Waals surface area contributed by atoms with Crippen LogP contribution in [0.25, 0.3) is 0 Å². The topological polar surface area (TPSA) is 52.3 Å². The SMILES string of the molecule is COC(=O)C(N)(C(F)F)C1CCC1. The number of rotatable bonds is 3. The molecule has 13 heavy (non-hydrogen) atoms. The smallest absolute Gasteiger partial charge is 0.332 e. The Labute approximate surface area is 75.2 Å². The largest absolute Gasteiger partial charge is 0.467 e. The lowest BCUT2D eigenvalue weighted by atomic mass is 9.71. The van der Waals surface area contributed by atoms with Crippen LogP contribution in [0.2, 0.25) is 0 Å². The highest BCUT2D eigenvalue weighted by Gasteiger charge is 2.52. The highest BCUT2D eigenvalue weighted by atomic mass is 19.3. The van der Waals surface area contributed by atoms with Crippen LogP contribution >= 0.6 is 0 Å². The molecule has 0 aliphatic heterocycles. The van der Waals surface area contributed by atoms with E-state index in [1.807, 2.05) is 0 Å². The zero-order valence-corrected chi connectivity index (χ0v) is 7.43. The molecule has 0 saturated heterocycles. The Morgan fingerprint density at radius 2 is 2.15 bits per heavy atom. The maximum atomic E-state index is 12.6. The highest BCUT2D eigenvalue weighted by Crippen LogP contribution is 2.38. The molecule has 0 heterocycles. The molecule has 0 spiro atoms. The molecule has 0 aromatic heterocycles. The van der Waals surface area contributed by atoms with Crippen molar-refractivity contribution in [2.45, 2.75) is 31.2 Å². The molecule has 1 atom stereocenters. The molecule has 1 fully saturated rings. The van der Waals surface area contributed by atoms with Crippen molar-refractivity contribution in [2.75, 3.05) is 7.11 Å². The van der Waals surface area contributed by atoms with Crippen molar-refractivity contribution in [2.24, 2.45) is 11.7 Å². The van der Waals surface area contributed by atoms with Crippen LogP contribution < -0.4 is 5.73 Å². The minimum atomic E-state index is -2.86. The Morgan fingerprint density at radius 3 is 2.38 bits per heavy atom. The minimum Gasteiger partial charge on any atom is -0.467 e. The Kier molecular flexibility index (Phi) is 2.85. The van der Waals surface area contributed by atoms with Crippen molar-refractivity contribution >= 4 is 5.97 Å². The molecule has 0 radical (unpaired) electrons. The molecule has 1 unspecified atom stereocenters. The van der Waals surface area contributed by atoms with Gasteiger partial charge in [0.05, 0.1) is 7.11 Å². The number of halogens is 2. The number of ether oxygens (including phenoxy) is 1. The molecular formula is C8H13F2NO2. The lowest BCUT2D eigenvalue weighted by Crippen LogP contribution is -2.61. The first-order valence-corrected chi connectivity index (χ1v) is 4.19. The maximum Gasteiger partial charge on any atom is 0.332 e. The third-order valence-corrected chi connectivity index (χ3v) is 2.68. The summed E-state index contributed by atoms with van der Waals surface area (Å²) in [5.74, 6) is -1.44. The van der Waals surface area contributed by atoms with E-state index in [1.54, 1.807) is 0 Å². The van der Waals surface area contributed by atoms with Crippen LogP contribution in [0.1, 0.15) is 19.3 Å². The van der Waals surface area contributed by atoms with E-state index >= 15 is 0 Å². The predicted octanol–water partition coefficient (Wildman–Crippen LogP) is 0.922. The summed E-state index contributed by atoms with van der Waals surface area (Å²) in [6.07, 6.45) is -0.843. The Bertz CT molecular complexity index is 206. The quantitative estimate of drug-likeness (QED) is 0.678. The Hall–Kier alpha value is -0.710. The summed E-state index contributed by atoms with van der Waals surface area (Å²) in [4.78, 5) is 11.1. The number of esters is 1. The van der Waals surface area contributed by atoms with E-state index in [1.165, 1.54) is 0 Å². The molecule has 2 N–H and O–H groups in total. The fraction of sp³-hybridized carbons (Fsp3) is 0.875. The molecule has 1 aliphatic rings. The average Bonchev–Trinajstić information content (AvgIpc) is 1.99. The molecule has 5 heteroatoms. The monoisotopic (exact) mass is 193 g/mol. The van der Waals surface area contributed by atoms with Gasteiger partial charge in [-0.05, 0) is 18.8 Å². The molecule has 1 aliphatic carbocycles. The Morgan fingerprint density at radius 1 is 1.62 bits per heavy atom. The van der Waals surface area contributed by atoms with E-state index in [9.17, 15) is 13.6 Å². The fourth-order valence-electron chi connectivity index (χ4n) is 1.50. The van der Waals surface area contributed by atoms with Gasteiger partial charge in [-0.3, -0.25) is 0 Å². The van der Waals surface area contributed by atoms with Crippen LogP contribution in [-0.4, -0.2) is 25.0 Å². The van der Waals surface area contributed by atoms with E-state index < -0.39 is 23.9 Å². The third-order valence-electron chi connectivity index (χ3n) is 2.68. The van der Waals surface area contributed by atoms with Crippen LogP contribution in [0, 0.1) is 5.92 Å². The predicted molar refractivity (Wildman–Crippen MR) is 42.3 cm³/mol. The van der Waals surface area contributed by atoms with Crippen molar-refractivity contribution in [1.82, 2.24) is 0 Å². The first-order chi connectivity index (χ1) is 6.03. The van der Waals surface area contributed by atoms with Gasteiger partial charge in [-0.25, -0.2) is 13.6 Å². The van der Waals surface area contributed by atoms with Gasteiger partial charge in [0.1, 0.15) is 0 Å². The van der Waals surface area contributed by atoms with Gasteiger partial charge in [0.15, 0.2) is 5.54 Å². The maximum absolute atomic E-state index is 12.6. The summed E-state index contributed by atoms with van der Waals surface area (Å²) in [6.45, 7) is 0. The van der Waals surface area contributed by atoms with Crippen LogP contribution in [-0.2, 0) is 9.53 Å². The number of methoxy groups -OCH3 is 1. The number of nitrogens with two attached hydrogens (primary N) is 1. The minimum absolute atomic E-state index is 0.431. The summed E-state index contributed by atoms with van der Waals surface area (Å²) in [6, 6.07) is 0. The van der Waals surface area contributed by atoms with Crippen molar-refractivity contribution in [3.05, 3.63) is 0 Å². The molecule has 1 rings (SSSR count). The van der Waals surface area contributed by atoms with Crippen LogP contribution in [0.15, 0.2) is 0 Å². The normalized spacial score (nSPS) is 22.2. The van der Waals surface area contributed by atoms with E-state index in [2.05, 4.69) is 4.74 Å². The fourth-order valence-corrected chi connectivity index (χ4v) is 1.50. The summed E-state index contributed by atoms with van der Waals surface area (Å²) >= 11 is 0. The first kappa shape index (κ1) is 10.4. The zero-order chi connectivity index (χ0) is 10.1. The van der Waals surface area contributed by atoms with E-state index in [-0.39, 0.29) is 0 Å². The van der Waals surface area contributed by atoms with Crippen LogP contribution in [0.4, 0.5) is 8.78 Å². The molecule has 76 valence electrons. The van der Waals surface area contributed by atoms with E-state index in [4.69, 9.17) is 5.73 Å².